The van der Waals surface area contributed by atoms with Crippen molar-refractivity contribution in [2.24, 2.45) is 5.73 Å². The number of nitrogens with two attached hydrogens (primary N) is 1. The van der Waals surface area contributed by atoms with Crippen molar-refractivity contribution in [3.05, 3.63) is 19.2 Å². The van der Waals surface area contributed by atoms with E-state index < -0.39 is 0 Å². The first kappa shape index (κ1) is 15.9. The fraction of sp³-hybridized carbons (Fsp3) is 0.692. The number of rotatable bonds is 6. The largest absolute Gasteiger partial charge is 0.377 e. The van der Waals surface area contributed by atoms with Gasteiger partial charge in [-0.15, -0.1) is 11.3 Å². The van der Waals surface area contributed by atoms with Gasteiger partial charge in [0, 0.05) is 29.0 Å². The van der Waals surface area contributed by atoms with Crippen molar-refractivity contribution >= 4 is 43.2 Å². The molecule has 2 unspecified atom stereocenters. The van der Waals surface area contributed by atoms with Gasteiger partial charge in [0.15, 0.2) is 0 Å². The molecule has 2 N–H and O–H groups in total. The fourth-order valence-corrected chi connectivity index (χ4v) is 4.74. The molecule has 1 aliphatic heterocycles. The number of hydrogen-bond donors (Lipinski definition) is 1. The Morgan fingerprint density at radius 2 is 2.37 bits per heavy atom. The Hall–Kier alpha value is 0.540. The maximum atomic E-state index is 6.01. The topological polar surface area (TPSA) is 38.5 Å². The highest BCUT2D eigenvalue weighted by atomic mass is 79.9. The number of ether oxygens (including phenoxy) is 1. The summed E-state index contributed by atoms with van der Waals surface area (Å²) in [4.78, 5) is 3.74. The molecule has 1 aromatic heterocycles. The zero-order valence-corrected chi connectivity index (χ0v) is 15.1. The Morgan fingerprint density at radius 3 is 2.84 bits per heavy atom. The first-order valence-electron chi connectivity index (χ1n) is 6.66. The molecule has 1 aromatic rings. The van der Waals surface area contributed by atoms with E-state index in [0.29, 0.717) is 12.6 Å². The van der Waals surface area contributed by atoms with E-state index in [0.717, 1.165) is 28.0 Å². The van der Waals surface area contributed by atoms with Crippen molar-refractivity contribution in [1.29, 1.82) is 0 Å². The average molecular weight is 412 g/mol. The molecule has 108 valence electrons. The highest BCUT2D eigenvalue weighted by Gasteiger charge is 2.25. The van der Waals surface area contributed by atoms with Gasteiger partial charge in [0.05, 0.1) is 15.9 Å². The molecular formula is C13H20Br2N2OS. The summed E-state index contributed by atoms with van der Waals surface area (Å²) in [5, 5.41) is 0. The van der Waals surface area contributed by atoms with Crippen LogP contribution in [0.5, 0.6) is 0 Å². The number of likely N-dealkylation sites (N-methyl/N-ethyl adjacent to an activating group) is 1. The monoisotopic (exact) mass is 410 g/mol. The molecule has 0 radical (unpaired) electrons. The van der Waals surface area contributed by atoms with E-state index in [4.69, 9.17) is 10.5 Å². The number of hydrogen-bond acceptors (Lipinski definition) is 4. The minimum Gasteiger partial charge on any atom is -0.377 e. The van der Waals surface area contributed by atoms with Gasteiger partial charge in [-0.25, -0.2) is 0 Å². The van der Waals surface area contributed by atoms with Gasteiger partial charge in [-0.1, -0.05) is 6.92 Å². The van der Waals surface area contributed by atoms with Crippen LogP contribution in [-0.2, 0) is 4.74 Å². The summed E-state index contributed by atoms with van der Waals surface area (Å²) in [5.74, 6) is 0. The van der Waals surface area contributed by atoms with Crippen LogP contribution in [-0.4, -0.2) is 37.2 Å². The zero-order valence-electron chi connectivity index (χ0n) is 11.1. The Kier molecular flexibility index (Phi) is 6.30. The SMILES string of the molecule is CCN(CC1CCCO1)C(CN)c1cc(Br)c(Br)s1. The predicted molar refractivity (Wildman–Crippen MR) is 87.7 cm³/mol. The lowest BCUT2D eigenvalue weighted by Gasteiger charge is -2.31. The summed E-state index contributed by atoms with van der Waals surface area (Å²) in [6, 6.07) is 2.45. The van der Waals surface area contributed by atoms with Gasteiger partial charge in [0.25, 0.3) is 0 Å². The zero-order chi connectivity index (χ0) is 13.8. The third-order valence-electron chi connectivity index (χ3n) is 3.52. The molecule has 0 amide bonds. The molecule has 3 nitrogen and oxygen atoms in total. The van der Waals surface area contributed by atoms with Crippen molar-refractivity contribution < 1.29 is 4.74 Å². The molecule has 0 bridgehead atoms. The van der Waals surface area contributed by atoms with Crippen LogP contribution in [0.3, 0.4) is 0 Å². The maximum Gasteiger partial charge on any atom is 0.0843 e. The molecule has 1 fully saturated rings. The minimum atomic E-state index is 0.279. The molecule has 1 aliphatic rings. The van der Waals surface area contributed by atoms with Gasteiger partial charge in [0.2, 0.25) is 0 Å². The van der Waals surface area contributed by atoms with Crippen molar-refractivity contribution in [3.8, 4) is 0 Å². The van der Waals surface area contributed by atoms with Gasteiger partial charge in [-0.3, -0.25) is 4.90 Å². The van der Waals surface area contributed by atoms with E-state index >= 15 is 0 Å². The highest BCUT2D eigenvalue weighted by Crippen LogP contribution is 2.37. The lowest BCUT2D eigenvalue weighted by molar-refractivity contribution is 0.0607. The van der Waals surface area contributed by atoms with Gasteiger partial charge in [-0.05, 0) is 57.3 Å². The van der Waals surface area contributed by atoms with E-state index in [1.807, 2.05) is 0 Å². The molecule has 2 rings (SSSR count). The van der Waals surface area contributed by atoms with Crippen LogP contribution < -0.4 is 5.73 Å². The molecule has 19 heavy (non-hydrogen) atoms. The molecular weight excluding hydrogens is 392 g/mol. The van der Waals surface area contributed by atoms with Crippen molar-refractivity contribution in [2.45, 2.75) is 31.9 Å². The minimum absolute atomic E-state index is 0.279. The summed E-state index contributed by atoms with van der Waals surface area (Å²) in [6.45, 7) is 5.71. The molecule has 1 saturated heterocycles. The Bertz CT molecular complexity index is 388. The maximum absolute atomic E-state index is 6.01. The first-order chi connectivity index (χ1) is 9.15. The molecule has 0 aliphatic carbocycles. The molecule has 0 saturated carbocycles. The van der Waals surface area contributed by atoms with E-state index in [2.05, 4.69) is 49.7 Å². The Balaban J connectivity index is 2.08. The average Bonchev–Trinajstić information content (AvgIpc) is 3.00. The Labute approximate surface area is 135 Å². The number of thiophene rings is 1. The summed E-state index contributed by atoms with van der Waals surface area (Å²) >= 11 is 8.87. The van der Waals surface area contributed by atoms with E-state index in [9.17, 15) is 0 Å². The van der Waals surface area contributed by atoms with Crippen LogP contribution in [0.25, 0.3) is 0 Å². The second kappa shape index (κ2) is 7.52. The first-order valence-corrected chi connectivity index (χ1v) is 9.06. The van der Waals surface area contributed by atoms with E-state index in [1.54, 1.807) is 11.3 Å². The normalized spacial score (nSPS) is 21.2. The summed E-state index contributed by atoms with van der Waals surface area (Å²) in [6.07, 6.45) is 2.73. The molecule has 2 heterocycles. The highest BCUT2D eigenvalue weighted by molar-refractivity contribution is 9.13. The van der Waals surface area contributed by atoms with Crippen molar-refractivity contribution in [3.63, 3.8) is 0 Å². The fourth-order valence-electron chi connectivity index (χ4n) is 2.50. The van der Waals surface area contributed by atoms with Crippen molar-refractivity contribution in [2.75, 3.05) is 26.2 Å². The van der Waals surface area contributed by atoms with Crippen LogP contribution in [0.15, 0.2) is 14.3 Å². The Morgan fingerprint density at radius 1 is 1.58 bits per heavy atom. The molecule has 0 aromatic carbocycles. The van der Waals surface area contributed by atoms with Crippen LogP contribution in [0, 0.1) is 0 Å². The summed E-state index contributed by atoms with van der Waals surface area (Å²) < 4.78 is 7.99. The third kappa shape index (κ3) is 4.02. The molecule has 6 heteroatoms. The number of nitrogens with zero attached hydrogens (tertiary/aromatic N) is 1. The molecule has 2 atom stereocenters. The smallest absolute Gasteiger partial charge is 0.0843 e. The van der Waals surface area contributed by atoms with E-state index in [-0.39, 0.29) is 6.04 Å². The quantitative estimate of drug-likeness (QED) is 0.774. The van der Waals surface area contributed by atoms with Gasteiger partial charge in [-0.2, -0.15) is 0 Å². The van der Waals surface area contributed by atoms with Crippen LogP contribution in [0.2, 0.25) is 0 Å². The van der Waals surface area contributed by atoms with E-state index in [1.165, 1.54) is 17.7 Å². The second-order valence-electron chi connectivity index (χ2n) is 4.74. The second-order valence-corrected chi connectivity index (χ2v) is 8.00. The summed E-state index contributed by atoms with van der Waals surface area (Å²) in [5.41, 5.74) is 6.01. The number of halogens is 2. The van der Waals surface area contributed by atoms with Gasteiger partial charge in [0.1, 0.15) is 0 Å². The predicted octanol–water partition coefficient (Wildman–Crippen LogP) is 3.77. The van der Waals surface area contributed by atoms with Gasteiger partial charge < -0.3 is 10.5 Å². The van der Waals surface area contributed by atoms with Crippen LogP contribution >= 0.6 is 43.2 Å². The lowest BCUT2D eigenvalue weighted by Crippen LogP contribution is -2.38. The standard InChI is InChI=1S/C13H20Br2N2OS/c1-2-17(8-9-4-3-5-18-9)11(7-16)12-6-10(14)13(15)19-12/h6,9,11H,2-5,7-8,16H2,1H3. The summed E-state index contributed by atoms with van der Waals surface area (Å²) in [7, 11) is 0. The molecule has 0 spiro atoms. The van der Waals surface area contributed by atoms with Gasteiger partial charge >= 0.3 is 0 Å². The third-order valence-corrected chi connectivity index (χ3v) is 6.88. The van der Waals surface area contributed by atoms with Crippen LogP contribution in [0.4, 0.5) is 0 Å². The lowest BCUT2D eigenvalue weighted by atomic mass is 10.1. The van der Waals surface area contributed by atoms with Crippen LogP contribution in [0.1, 0.15) is 30.7 Å². The van der Waals surface area contributed by atoms with Crippen molar-refractivity contribution in [1.82, 2.24) is 4.90 Å².